The van der Waals surface area contributed by atoms with E-state index < -0.39 is 23.2 Å². The van der Waals surface area contributed by atoms with E-state index in [0.717, 1.165) is 10.8 Å². The average molecular weight is 344 g/mol. The Bertz CT molecular complexity index is 851. The number of rotatable bonds is 5. The molecule has 0 aliphatic heterocycles. The van der Waals surface area contributed by atoms with E-state index >= 15 is 0 Å². The molecule has 5 heteroatoms. The summed E-state index contributed by atoms with van der Waals surface area (Å²) in [5.74, 6) is -3.90. The van der Waals surface area contributed by atoms with E-state index in [1.54, 1.807) is 0 Å². The molecule has 4 aliphatic rings. The molecule has 0 spiro atoms. The second kappa shape index (κ2) is 4.93. The number of carbonyl (C=O) groups excluding carboxylic acids is 1. The third-order valence-corrected chi connectivity index (χ3v) is 6.33. The Morgan fingerprint density at radius 3 is 2.44 bits per heavy atom. The van der Waals surface area contributed by atoms with Crippen LogP contribution in [0.1, 0.15) is 12.8 Å². The Kier molecular flexibility index (Phi) is 2.98. The van der Waals surface area contributed by atoms with E-state index in [1.165, 1.54) is 0 Å². The van der Waals surface area contributed by atoms with Gasteiger partial charge >= 0.3 is 5.97 Å². The Morgan fingerprint density at radius 1 is 1.04 bits per heavy atom. The normalized spacial score (nSPS) is 33.4. The van der Waals surface area contributed by atoms with Crippen molar-refractivity contribution in [3.8, 4) is 5.75 Å². The minimum absolute atomic E-state index is 0.00635. The molecular weight excluding hydrogens is 326 g/mol. The quantitative estimate of drug-likeness (QED) is 0.606. The lowest BCUT2D eigenvalue weighted by Gasteiger charge is -2.21. The van der Waals surface area contributed by atoms with Gasteiger partial charge in [0.25, 0.3) is 5.92 Å². The standard InChI is InChI=1S/C20H18F2O3/c21-20(22)14-10-16-17(11-14)19(16,20)18(23)25-8-7-24-15-6-5-12-3-1-2-4-13(12)9-15/h1-6,9,14,16-17H,7-8,10-11H2. The van der Waals surface area contributed by atoms with Crippen molar-refractivity contribution in [2.75, 3.05) is 13.2 Å². The summed E-state index contributed by atoms with van der Waals surface area (Å²) in [4.78, 5) is 12.3. The highest BCUT2D eigenvalue weighted by Crippen LogP contribution is 2.84. The molecule has 130 valence electrons. The van der Waals surface area contributed by atoms with Crippen molar-refractivity contribution in [3.63, 3.8) is 0 Å². The third kappa shape index (κ3) is 1.87. The maximum absolute atomic E-state index is 14.3. The summed E-state index contributed by atoms with van der Waals surface area (Å²) in [7, 11) is 0. The molecule has 4 bridgehead atoms. The number of halogens is 2. The molecule has 2 unspecified atom stereocenters. The van der Waals surface area contributed by atoms with E-state index in [4.69, 9.17) is 9.47 Å². The number of alkyl halides is 2. The van der Waals surface area contributed by atoms with Gasteiger partial charge in [0, 0.05) is 5.92 Å². The first kappa shape index (κ1) is 15.1. The molecule has 0 amide bonds. The van der Waals surface area contributed by atoms with Crippen LogP contribution >= 0.6 is 0 Å². The number of hydrogen-bond donors (Lipinski definition) is 0. The minimum atomic E-state index is -2.89. The fourth-order valence-electron chi connectivity index (χ4n) is 5.19. The van der Waals surface area contributed by atoms with Crippen LogP contribution < -0.4 is 4.74 Å². The molecule has 2 atom stereocenters. The van der Waals surface area contributed by atoms with Gasteiger partial charge in [0.1, 0.15) is 24.4 Å². The highest BCUT2D eigenvalue weighted by molar-refractivity contribution is 5.85. The Balaban J connectivity index is 1.18. The number of fused-ring (bicyclic) bond motifs is 1. The third-order valence-electron chi connectivity index (χ3n) is 6.33. The van der Waals surface area contributed by atoms with Crippen molar-refractivity contribution in [2.45, 2.75) is 18.8 Å². The number of benzene rings is 2. The lowest BCUT2D eigenvalue weighted by atomic mass is 9.99. The zero-order chi connectivity index (χ0) is 17.2. The van der Waals surface area contributed by atoms with Crippen LogP contribution in [0.25, 0.3) is 10.8 Å². The molecule has 25 heavy (non-hydrogen) atoms. The van der Waals surface area contributed by atoms with Gasteiger partial charge in [-0.05, 0) is 47.6 Å². The van der Waals surface area contributed by atoms with Gasteiger partial charge in [-0.25, -0.2) is 8.78 Å². The van der Waals surface area contributed by atoms with Gasteiger partial charge in [-0.1, -0.05) is 30.3 Å². The van der Waals surface area contributed by atoms with Crippen LogP contribution in [0.4, 0.5) is 8.78 Å². The van der Waals surface area contributed by atoms with E-state index in [1.807, 2.05) is 42.5 Å². The molecule has 2 aromatic rings. The second-order valence-electron chi connectivity index (χ2n) is 7.37. The summed E-state index contributed by atoms with van der Waals surface area (Å²) in [6, 6.07) is 13.6. The first-order valence-electron chi connectivity index (χ1n) is 8.72. The predicted octanol–water partition coefficient (Wildman–Crippen LogP) is 4.05. The Morgan fingerprint density at radius 2 is 1.76 bits per heavy atom. The van der Waals surface area contributed by atoms with E-state index in [0.29, 0.717) is 18.6 Å². The van der Waals surface area contributed by atoms with Gasteiger partial charge in [-0.15, -0.1) is 0 Å². The molecule has 4 fully saturated rings. The molecule has 0 N–H and O–H groups in total. The van der Waals surface area contributed by atoms with Gasteiger partial charge in [0.2, 0.25) is 0 Å². The summed E-state index contributed by atoms with van der Waals surface area (Å²) in [6.45, 7) is 0.151. The highest BCUT2D eigenvalue weighted by Gasteiger charge is 2.92. The molecule has 2 aromatic carbocycles. The van der Waals surface area contributed by atoms with Crippen molar-refractivity contribution >= 4 is 16.7 Å². The van der Waals surface area contributed by atoms with Gasteiger partial charge in [0.15, 0.2) is 0 Å². The van der Waals surface area contributed by atoms with Crippen molar-refractivity contribution in [3.05, 3.63) is 42.5 Å². The summed E-state index contributed by atoms with van der Waals surface area (Å²) in [6.07, 6.45) is 0.945. The maximum Gasteiger partial charge on any atom is 0.318 e. The highest BCUT2D eigenvalue weighted by atomic mass is 19.3. The van der Waals surface area contributed by atoms with Gasteiger partial charge in [-0.2, -0.15) is 0 Å². The average Bonchev–Trinajstić information content (AvgIpc) is 2.86. The number of carbonyl (C=O) groups is 1. The van der Waals surface area contributed by atoms with Crippen molar-refractivity contribution in [1.29, 1.82) is 0 Å². The SMILES string of the molecule is O=C(OCCOc1ccc2ccccc2c1)C12C3CC(CC31)C2(F)F. The van der Waals surface area contributed by atoms with Crippen LogP contribution in [0.15, 0.2) is 42.5 Å². The summed E-state index contributed by atoms with van der Waals surface area (Å²) < 4.78 is 39.4. The Hall–Kier alpha value is -2.17. The van der Waals surface area contributed by atoms with Crippen LogP contribution in [0, 0.1) is 23.2 Å². The van der Waals surface area contributed by atoms with Gasteiger partial charge in [-0.3, -0.25) is 4.79 Å². The maximum atomic E-state index is 14.3. The fraction of sp³-hybridized carbons (Fsp3) is 0.450. The van der Waals surface area contributed by atoms with E-state index in [9.17, 15) is 13.6 Å². The molecule has 0 aromatic heterocycles. The molecule has 0 saturated heterocycles. The molecule has 4 saturated carbocycles. The van der Waals surface area contributed by atoms with Crippen molar-refractivity contribution in [2.24, 2.45) is 23.2 Å². The van der Waals surface area contributed by atoms with Crippen molar-refractivity contribution in [1.82, 2.24) is 0 Å². The first-order chi connectivity index (χ1) is 12.0. The number of esters is 1. The fourth-order valence-corrected chi connectivity index (χ4v) is 5.19. The topological polar surface area (TPSA) is 35.5 Å². The van der Waals surface area contributed by atoms with Gasteiger partial charge in [0.05, 0.1) is 0 Å². The summed E-state index contributed by atoms with van der Waals surface area (Å²) >= 11 is 0. The van der Waals surface area contributed by atoms with Crippen molar-refractivity contribution < 1.29 is 23.0 Å². The summed E-state index contributed by atoms with van der Waals surface area (Å²) in [5, 5.41) is 2.17. The summed E-state index contributed by atoms with van der Waals surface area (Å²) in [5.41, 5.74) is -1.51. The molecule has 3 nitrogen and oxygen atoms in total. The lowest BCUT2D eigenvalue weighted by Crippen LogP contribution is -2.37. The van der Waals surface area contributed by atoms with Crippen LogP contribution in [-0.4, -0.2) is 25.1 Å². The zero-order valence-electron chi connectivity index (χ0n) is 13.6. The predicted molar refractivity (Wildman–Crippen MR) is 87.5 cm³/mol. The van der Waals surface area contributed by atoms with Gasteiger partial charge < -0.3 is 9.47 Å². The molecule has 0 heterocycles. The molecule has 4 aliphatic carbocycles. The second-order valence-corrected chi connectivity index (χ2v) is 7.37. The van der Waals surface area contributed by atoms with E-state index in [2.05, 4.69) is 0 Å². The molecule has 6 rings (SSSR count). The number of ether oxygens (including phenoxy) is 2. The van der Waals surface area contributed by atoms with Crippen LogP contribution in [-0.2, 0) is 9.53 Å². The van der Waals surface area contributed by atoms with E-state index in [-0.39, 0.29) is 25.0 Å². The number of hydrogen-bond acceptors (Lipinski definition) is 3. The molecule has 0 radical (unpaired) electrons. The largest absolute Gasteiger partial charge is 0.490 e. The lowest BCUT2D eigenvalue weighted by molar-refractivity contribution is -0.168. The zero-order valence-corrected chi connectivity index (χ0v) is 13.6. The monoisotopic (exact) mass is 344 g/mol. The first-order valence-corrected chi connectivity index (χ1v) is 8.72. The van der Waals surface area contributed by atoms with Crippen LogP contribution in [0.2, 0.25) is 0 Å². The Labute approximate surface area is 143 Å². The minimum Gasteiger partial charge on any atom is -0.490 e. The van der Waals surface area contributed by atoms with Crippen LogP contribution in [0.5, 0.6) is 5.75 Å². The van der Waals surface area contributed by atoms with Crippen LogP contribution in [0.3, 0.4) is 0 Å². The smallest absolute Gasteiger partial charge is 0.318 e. The molecular formula is C20H18F2O3.